The summed E-state index contributed by atoms with van der Waals surface area (Å²) in [6, 6.07) is 16.9. The molecule has 0 unspecified atom stereocenters. The Morgan fingerprint density at radius 1 is 1.04 bits per heavy atom. The maximum absolute atomic E-state index is 13.9. The van der Waals surface area contributed by atoms with Gasteiger partial charge in [-0.25, -0.2) is 4.39 Å². The number of halogens is 3. The number of hydrazine groups is 2. The third-order valence-corrected chi connectivity index (χ3v) is 10.1. The maximum Gasteiger partial charge on any atom is 0.141 e. The Labute approximate surface area is 290 Å². The van der Waals surface area contributed by atoms with Gasteiger partial charge in [0, 0.05) is 66.9 Å². The zero-order valence-electron chi connectivity index (χ0n) is 27.1. The number of nitriles is 1. The average molecular weight is 687 g/mol. The van der Waals surface area contributed by atoms with Crippen LogP contribution >= 0.6 is 23.2 Å². The topological polar surface area (TPSA) is 103 Å². The predicted molar refractivity (Wildman–Crippen MR) is 190 cm³/mol. The molecule has 0 radical (unpaired) electrons. The third kappa shape index (κ3) is 6.37. The van der Waals surface area contributed by atoms with Gasteiger partial charge in [-0.2, -0.15) is 5.26 Å². The van der Waals surface area contributed by atoms with Crippen molar-refractivity contribution in [1.82, 2.24) is 31.2 Å². The highest BCUT2D eigenvalue weighted by Crippen LogP contribution is 2.39. The van der Waals surface area contributed by atoms with Crippen LogP contribution in [0.3, 0.4) is 0 Å². The Bertz CT molecular complexity index is 1940. The molecule has 0 saturated carbocycles. The summed E-state index contributed by atoms with van der Waals surface area (Å²) in [4.78, 5) is 7.06. The van der Waals surface area contributed by atoms with Gasteiger partial charge in [0.1, 0.15) is 11.9 Å². The monoisotopic (exact) mass is 685 g/mol. The summed E-state index contributed by atoms with van der Waals surface area (Å²) in [6.07, 6.45) is 5.78. The quantitative estimate of drug-likeness (QED) is 0.135. The van der Waals surface area contributed by atoms with Gasteiger partial charge in [-0.15, -0.1) is 5.53 Å². The van der Waals surface area contributed by atoms with Crippen molar-refractivity contribution in [1.29, 1.82) is 5.26 Å². The highest BCUT2D eigenvalue weighted by atomic mass is 35.5. The molecule has 1 aromatic heterocycles. The van der Waals surface area contributed by atoms with Gasteiger partial charge >= 0.3 is 0 Å². The summed E-state index contributed by atoms with van der Waals surface area (Å²) < 4.78 is 13.9. The Morgan fingerprint density at radius 3 is 2.58 bits per heavy atom. The first-order valence-corrected chi connectivity index (χ1v) is 16.9. The SMILES string of the molecule is CC(C)(C)N1CCC(N2C=C([C@@H](Nc3cc(Cl)c4ncc(C#N)c(Nc5ccc(F)c(Cl)c5)c4c3)c3cccc4c3CNC4)NN2)CC1. The second kappa shape index (κ2) is 13.1. The van der Waals surface area contributed by atoms with E-state index in [2.05, 4.69) is 93.0 Å². The van der Waals surface area contributed by atoms with E-state index in [-0.39, 0.29) is 16.6 Å². The van der Waals surface area contributed by atoms with E-state index in [4.69, 9.17) is 23.2 Å². The molecule has 9 nitrogen and oxygen atoms in total. The van der Waals surface area contributed by atoms with Crippen LogP contribution in [0.15, 0.2) is 66.6 Å². The van der Waals surface area contributed by atoms with Gasteiger partial charge in [0.2, 0.25) is 0 Å². The van der Waals surface area contributed by atoms with E-state index in [1.807, 2.05) is 12.1 Å². The lowest BCUT2D eigenvalue weighted by molar-refractivity contribution is 0.0570. The first kappa shape index (κ1) is 32.4. The van der Waals surface area contributed by atoms with Gasteiger partial charge in [-0.1, -0.05) is 41.4 Å². The lowest BCUT2D eigenvalue weighted by Gasteiger charge is -2.42. The van der Waals surface area contributed by atoms with Crippen LogP contribution in [0.25, 0.3) is 10.9 Å². The van der Waals surface area contributed by atoms with E-state index in [1.165, 1.54) is 29.5 Å². The minimum Gasteiger partial charge on any atom is -0.373 e. The van der Waals surface area contributed by atoms with Crippen molar-refractivity contribution >= 4 is 51.2 Å². The average Bonchev–Trinajstić information content (AvgIpc) is 3.76. The Hall–Kier alpha value is -4.11. The normalized spacial score (nSPS) is 17.5. The summed E-state index contributed by atoms with van der Waals surface area (Å²) in [5, 5.41) is 23.8. The van der Waals surface area contributed by atoms with Crippen molar-refractivity contribution < 1.29 is 4.39 Å². The third-order valence-electron chi connectivity index (χ3n) is 9.51. The molecule has 4 aromatic rings. The van der Waals surface area contributed by atoms with Crippen molar-refractivity contribution in [3.63, 3.8) is 0 Å². The number of hydrogen-bond acceptors (Lipinski definition) is 9. The summed E-state index contributed by atoms with van der Waals surface area (Å²) in [7, 11) is 0. The molecule has 248 valence electrons. The van der Waals surface area contributed by atoms with Crippen LogP contribution in [0.1, 0.15) is 61.9 Å². The minimum atomic E-state index is -0.524. The zero-order chi connectivity index (χ0) is 33.6. The van der Waals surface area contributed by atoms with E-state index in [9.17, 15) is 9.65 Å². The molecule has 1 atom stereocenters. The van der Waals surface area contributed by atoms with E-state index < -0.39 is 5.82 Å². The molecule has 0 amide bonds. The first-order valence-electron chi connectivity index (χ1n) is 16.2. The van der Waals surface area contributed by atoms with Crippen molar-refractivity contribution in [2.75, 3.05) is 23.7 Å². The molecule has 5 N–H and O–H groups in total. The van der Waals surface area contributed by atoms with Crippen molar-refractivity contribution in [3.8, 4) is 6.07 Å². The van der Waals surface area contributed by atoms with Crippen molar-refractivity contribution in [2.24, 2.45) is 0 Å². The predicted octanol–water partition coefficient (Wildman–Crippen LogP) is 7.48. The smallest absolute Gasteiger partial charge is 0.141 e. The number of pyridine rings is 1. The fourth-order valence-corrected chi connectivity index (χ4v) is 7.35. The van der Waals surface area contributed by atoms with Crippen LogP contribution < -0.4 is 26.9 Å². The van der Waals surface area contributed by atoms with E-state index in [0.717, 1.165) is 56.0 Å². The number of likely N-dealkylation sites (tertiary alicyclic amines) is 1. The number of piperidine rings is 1. The molecule has 12 heteroatoms. The van der Waals surface area contributed by atoms with Gasteiger partial charge < -0.3 is 21.4 Å². The summed E-state index contributed by atoms with van der Waals surface area (Å²) >= 11 is 13.0. The first-order chi connectivity index (χ1) is 23.1. The Kier molecular flexibility index (Phi) is 8.83. The summed E-state index contributed by atoms with van der Waals surface area (Å²) in [5.41, 5.74) is 14.4. The highest BCUT2D eigenvalue weighted by Gasteiger charge is 2.33. The Morgan fingerprint density at radius 2 is 1.83 bits per heavy atom. The molecule has 3 aliphatic rings. The van der Waals surface area contributed by atoms with Crippen LogP contribution in [0, 0.1) is 17.1 Å². The standard InChI is InChI=1S/C36H38Cl2FN9/c1-36(2,3)47-11-9-25(10-12-47)48-20-32(45-46-48)35(26-6-4-5-21-17-41-19-28(21)26)44-24-13-27-33(43-23-7-8-31(39)29(37)14-23)22(16-40)18-42-34(27)30(38)15-24/h4-8,13-15,18,20,25,35,41,44-46H,9-12,17,19H2,1-3H3,(H,42,43)/t35-/m0/s1. The molecule has 1 saturated heterocycles. The van der Waals surface area contributed by atoms with Crippen LogP contribution in [-0.4, -0.2) is 39.6 Å². The minimum absolute atomic E-state index is 0.0234. The molecule has 0 spiro atoms. The van der Waals surface area contributed by atoms with Crippen LogP contribution in [0.5, 0.6) is 0 Å². The summed E-state index contributed by atoms with van der Waals surface area (Å²) in [5.74, 6) is -0.524. The van der Waals surface area contributed by atoms with Crippen LogP contribution in [-0.2, 0) is 13.1 Å². The number of nitrogens with one attached hydrogen (secondary N) is 5. The molecule has 0 bridgehead atoms. The van der Waals surface area contributed by atoms with Crippen LogP contribution in [0.2, 0.25) is 10.0 Å². The molecule has 7 rings (SSSR count). The fraction of sp³-hybridized carbons (Fsp3) is 0.333. The second-order valence-electron chi connectivity index (χ2n) is 13.6. The number of hydrogen-bond donors (Lipinski definition) is 5. The van der Waals surface area contributed by atoms with Gasteiger partial charge in [0.25, 0.3) is 0 Å². The van der Waals surface area contributed by atoms with Crippen molar-refractivity contribution in [2.45, 2.75) is 64.3 Å². The van der Waals surface area contributed by atoms with E-state index in [1.54, 1.807) is 6.07 Å². The molecule has 1 fully saturated rings. The molecule has 48 heavy (non-hydrogen) atoms. The fourth-order valence-electron chi connectivity index (χ4n) is 6.90. The van der Waals surface area contributed by atoms with Crippen molar-refractivity contribution in [3.05, 3.63) is 105 Å². The van der Waals surface area contributed by atoms with Crippen LogP contribution in [0.4, 0.5) is 21.5 Å². The largest absolute Gasteiger partial charge is 0.373 e. The molecule has 3 aromatic carbocycles. The molecule has 3 aliphatic heterocycles. The van der Waals surface area contributed by atoms with E-state index in [0.29, 0.717) is 38.9 Å². The number of anilines is 3. The lowest BCUT2D eigenvalue weighted by atomic mass is 9.95. The molecule has 0 aliphatic carbocycles. The number of fused-ring (bicyclic) bond motifs is 2. The van der Waals surface area contributed by atoms with E-state index >= 15 is 0 Å². The Balaban J connectivity index is 1.25. The summed E-state index contributed by atoms with van der Waals surface area (Å²) in [6.45, 7) is 10.5. The second-order valence-corrected chi connectivity index (χ2v) is 14.4. The zero-order valence-corrected chi connectivity index (χ0v) is 28.6. The number of nitrogens with zero attached hydrogens (tertiary/aromatic N) is 4. The molecule has 4 heterocycles. The maximum atomic E-state index is 13.9. The number of benzene rings is 3. The van der Waals surface area contributed by atoms with Gasteiger partial charge in [0.05, 0.1) is 38.6 Å². The van der Waals surface area contributed by atoms with Gasteiger partial charge in [-0.05, 0) is 80.6 Å². The number of aromatic nitrogens is 1. The number of rotatable bonds is 7. The molecular weight excluding hydrogens is 648 g/mol. The molecular formula is C36H38Cl2FN9. The lowest BCUT2D eigenvalue weighted by Crippen LogP contribution is -2.52. The highest BCUT2D eigenvalue weighted by molar-refractivity contribution is 6.36. The van der Waals surface area contributed by atoms with Gasteiger partial charge in [0.15, 0.2) is 0 Å². The van der Waals surface area contributed by atoms with Gasteiger partial charge in [-0.3, -0.25) is 14.9 Å².